The van der Waals surface area contributed by atoms with Crippen LogP contribution in [-0.2, 0) is 11.3 Å². The molecule has 2 rings (SSSR count). The van der Waals surface area contributed by atoms with Crippen molar-refractivity contribution in [2.24, 2.45) is 0 Å². The monoisotopic (exact) mass is 292 g/mol. The first-order valence-corrected chi connectivity index (χ1v) is 7.10. The summed E-state index contributed by atoms with van der Waals surface area (Å²) in [5.74, 6) is -1.06. The molecule has 2 aromatic rings. The summed E-state index contributed by atoms with van der Waals surface area (Å²) in [6, 6.07) is 7.58. The Morgan fingerprint density at radius 2 is 2.15 bits per heavy atom. The Bertz CT molecular complexity index is 589. The van der Waals surface area contributed by atoms with E-state index in [1.54, 1.807) is 24.5 Å². The summed E-state index contributed by atoms with van der Waals surface area (Å²) in [6.45, 7) is 0.858. The van der Waals surface area contributed by atoms with E-state index in [1.165, 1.54) is 9.78 Å². The standard InChI is InChI=1S/C14H16N2O3S/c1-15(8-6-13(17)18)14(19)12-5-2-7-16(12)10-11-4-3-9-20-11/h2-5,7,9H,6,8,10H2,1H3,(H,17,18). The number of thiophene rings is 1. The van der Waals surface area contributed by atoms with Crippen LogP contribution < -0.4 is 0 Å². The first-order valence-electron chi connectivity index (χ1n) is 6.22. The second kappa shape index (κ2) is 6.38. The average Bonchev–Trinajstić information content (AvgIpc) is 3.07. The van der Waals surface area contributed by atoms with Crippen molar-refractivity contribution < 1.29 is 14.7 Å². The zero-order valence-electron chi connectivity index (χ0n) is 11.2. The largest absolute Gasteiger partial charge is 0.481 e. The predicted octanol–water partition coefficient (Wildman–Crippen LogP) is 2.14. The van der Waals surface area contributed by atoms with Gasteiger partial charge in [-0.15, -0.1) is 11.3 Å². The first kappa shape index (κ1) is 14.3. The average molecular weight is 292 g/mol. The normalized spacial score (nSPS) is 10.4. The summed E-state index contributed by atoms with van der Waals surface area (Å²) >= 11 is 1.64. The molecule has 0 radical (unpaired) electrons. The number of carbonyl (C=O) groups excluding carboxylic acids is 1. The van der Waals surface area contributed by atoms with Crippen LogP contribution in [0.1, 0.15) is 21.8 Å². The molecule has 0 saturated carbocycles. The van der Waals surface area contributed by atoms with Crippen LogP contribution in [0.4, 0.5) is 0 Å². The second-order valence-corrected chi connectivity index (χ2v) is 5.50. The van der Waals surface area contributed by atoms with E-state index < -0.39 is 5.97 Å². The fourth-order valence-electron chi connectivity index (χ4n) is 1.88. The fourth-order valence-corrected chi connectivity index (χ4v) is 2.58. The number of nitrogens with zero attached hydrogens (tertiary/aromatic N) is 2. The molecule has 0 saturated heterocycles. The van der Waals surface area contributed by atoms with E-state index in [0.717, 1.165) is 0 Å². The smallest absolute Gasteiger partial charge is 0.305 e. The van der Waals surface area contributed by atoms with E-state index in [4.69, 9.17) is 5.11 Å². The van der Waals surface area contributed by atoms with Gasteiger partial charge in [-0.05, 0) is 23.6 Å². The molecule has 0 aliphatic heterocycles. The van der Waals surface area contributed by atoms with Crippen molar-refractivity contribution in [2.45, 2.75) is 13.0 Å². The van der Waals surface area contributed by atoms with Gasteiger partial charge in [-0.3, -0.25) is 9.59 Å². The highest BCUT2D eigenvalue weighted by Gasteiger charge is 2.16. The Kier molecular flexibility index (Phi) is 4.57. The molecule has 0 unspecified atom stereocenters. The number of carboxylic acids is 1. The molecule has 106 valence electrons. The molecular formula is C14H16N2O3S. The van der Waals surface area contributed by atoms with Crippen LogP contribution in [0.3, 0.4) is 0 Å². The van der Waals surface area contributed by atoms with Gasteiger partial charge < -0.3 is 14.6 Å². The second-order valence-electron chi connectivity index (χ2n) is 4.47. The third kappa shape index (κ3) is 3.48. The molecule has 2 aromatic heterocycles. The van der Waals surface area contributed by atoms with E-state index in [1.807, 2.05) is 34.3 Å². The van der Waals surface area contributed by atoms with Crippen LogP contribution >= 0.6 is 11.3 Å². The molecule has 0 aromatic carbocycles. The highest BCUT2D eigenvalue weighted by Crippen LogP contribution is 2.14. The maximum atomic E-state index is 12.3. The Balaban J connectivity index is 2.06. The van der Waals surface area contributed by atoms with Gasteiger partial charge in [0.1, 0.15) is 5.69 Å². The van der Waals surface area contributed by atoms with Gasteiger partial charge in [-0.1, -0.05) is 6.07 Å². The number of hydrogen-bond donors (Lipinski definition) is 1. The number of aromatic nitrogens is 1. The van der Waals surface area contributed by atoms with Crippen molar-refractivity contribution in [3.63, 3.8) is 0 Å². The molecule has 6 heteroatoms. The number of hydrogen-bond acceptors (Lipinski definition) is 3. The van der Waals surface area contributed by atoms with Crippen molar-refractivity contribution in [3.05, 3.63) is 46.4 Å². The quantitative estimate of drug-likeness (QED) is 0.887. The first-order chi connectivity index (χ1) is 9.58. The van der Waals surface area contributed by atoms with Crippen LogP contribution in [0.5, 0.6) is 0 Å². The van der Waals surface area contributed by atoms with Crippen molar-refractivity contribution in [1.29, 1.82) is 0 Å². The number of aliphatic carboxylic acids is 1. The molecule has 0 aliphatic carbocycles. The Morgan fingerprint density at radius 3 is 2.80 bits per heavy atom. The van der Waals surface area contributed by atoms with Gasteiger partial charge in [0, 0.05) is 24.7 Å². The molecule has 20 heavy (non-hydrogen) atoms. The number of carbonyl (C=O) groups is 2. The zero-order valence-corrected chi connectivity index (χ0v) is 12.0. The molecule has 0 bridgehead atoms. The number of rotatable bonds is 6. The summed E-state index contributed by atoms with van der Waals surface area (Å²) in [7, 11) is 1.62. The van der Waals surface area contributed by atoms with Crippen LogP contribution in [0.25, 0.3) is 0 Å². The van der Waals surface area contributed by atoms with Crippen molar-refractivity contribution >= 4 is 23.2 Å². The van der Waals surface area contributed by atoms with Crippen LogP contribution in [-0.4, -0.2) is 40.0 Å². The Labute approximate surface area is 121 Å². The van der Waals surface area contributed by atoms with Gasteiger partial charge in [-0.25, -0.2) is 0 Å². The van der Waals surface area contributed by atoms with Crippen LogP contribution in [0.2, 0.25) is 0 Å². The minimum atomic E-state index is -0.904. The summed E-state index contributed by atoms with van der Waals surface area (Å²) in [5, 5.41) is 10.7. The van der Waals surface area contributed by atoms with E-state index in [-0.39, 0.29) is 18.9 Å². The molecule has 0 atom stereocenters. The number of amides is 1. The van der Waals surface area contributed by atoms with E-state index in [9.17, 15) is 9.59 Å². The molecule has 1 amide bonds. The molecule has 0 aliphatic rings. The third-order valence-corrected chi connectivity index (χ3v) is 3.82. The van der Waals surface area contributed by atoms with Gasteiger partial charge in [0.25, 0.3) is 5.91 Å². The van der Waals surface area contributed by atoms with E-state index in [2.05, 4.69) is 0 Å². The van der Waals surface area contributed by atoms with Gasteiger partial charge >= 0.3 is 5.97 Å². The van der Waals surface area contributed by atoms with Gasteiger partial charge in [0.2, 0.25) is 0 Å². The molecule has 2 heterocycles. The summed E-state index contributed by atoms with van der Waals surface area (Å²) < 4.78 is 1.88. The van der Waals surface area contributed by atoms with Crippen molar-refractivity contribution in [2.75, 3.05) is 13.6 Å². The lowest BCUT2D eigenvalue weighted by molar-refractivity contribution is -0.137. The summed E-state index contributed by atoms with van der Waals surface area (Å²) in [5.41, 5.74) is 0.575. The molecular weight excluding hydrogens is 276 g/mol. The number of carboxylic acid groups (broad SMARTS) is 1. The van der Waals surface area contributed by atoms with E-state index >= 15 is 0 Å². The van der Waals surface area contributed by atoms with Gasteiger partial charge in [-0.2, -0.15) is 0 Å². The third-order valence-electron chi connectivity index (χ3n) is 2.96. The maximum absolute atomic E-state index is 12.3. The molecule has 0 spiro atoms. The van der Waals surface area contributed by atoms with Crippen molar-refractivity contribution in [3.8, 4) is 0 Å². The highest BCUT2D eigenvalue weighted by molar-refractivity contribution is 7.09. The highest BCUT2D eigenvalue weighted by atomic mass is 32.1. The van der Waals surface area contributed by atoms with Crippen LogP contribution in [0.15, 0.2) is 35.8 Å². The zero-order chi connectivity index (χ0) is 14.5. The minimum Gasteiger partial charge on any atom is -0.481 e. The summed E-state index contributed by atoms with van der Waals surface area (Å²) in [6.07, 6.45) is 1.81. The predicted molar refractivity (Wildman–Crippen MR) is 77.1 cm³/mol. The maximum Gasteiger partial charge on any atom is 0.305 e. The lowest BCUT2D eigenvalue weighted by atomic mass is 10.3. The molecule has 5 nitrogen and oxygen atoms in total. The fraction of sp³-hybridized carbons (Fsp3) is 0.286. The minimum absolute atomic E-state index is 0.0477. The Hall–Kier alpha value is -2.08. The lowest BCUT2D eigenvalue weighted by Crippen LogP contribution is -2.30. The van der Waals surface area contributed by atoms with Gasteiger partial charge in [0.15, 0.2) is 0 Å². The molecule has 0 fully saturated rings. The topological polar surface area (TPSA) is 62.5 Å². The summed E-state index contributed by atoms with van der Waals surface area (Å²) in [4.78, 5) is 25.4. The van der Waals surface area contributed by atoms with Crippen LogP contribution in [0, 0.1) is 0 Å². The molecule has 1 N–H and O–H groups in total. The van der Waals surface area contributed by atoms with E-state index in [0.29, 0.717) is 12.2 Å². The lowest BCUT2D eigenvalue weighted by Gasteiger charge is -2.17. The SMILES string of the molecule is CN(CCC(=O)O)C(=O)c1cccn1Cc1cccs1. The van der Waals surface area contributed by atoms with Crippen molar-refractivity contribution in [1.82, 2.24) is 9.47 Å². The Morgan fingerprint density at radius 1 is 1.35 bits per heavy atom. The van der Waals surface area contributed by atoms with Gasteiger partial charge in [0.05, 0.1) is 13.0 Å².